The van der Waals surface area contributed by atoms with Crippen molar-refractivity contribution >= 4 is 0 Å². The zero-order valence-electron chi connectivity index (χ0n) is 14.9. The standard InChI is InChI=1S/C18H30O6/c1-4-6-8-17-13-11(15(20-3)21-17)10-12-14(13)18(24-17,9-7-5-2)22-16(12)23-19/h11-16,19H,4-10H2,1-3H3/t11?,12?,13?,14?,15-,16+,17?,18?/m1/s1. The van der Waals surface area contributed by atoms with E-state index in [0.717, 1.165) is 44.9 Å². The average Bonchev–Trinajstić information content (AvgIpc) is 3.27. The molecule has 3 saturated heterocycles. The monoisotopic (exact) mass is 342 g/mol. The van der Waals surface area contributed by atoms with Crippen molar-refractivity contribution < 1.29 is 29.1 Å². The summed E-state index contributed by atoms with van der Waals surface area (Å²) in [5, 5.41) is 9.34. The van der Waals surface area contributed by atoms with Crippen LogP contribution in [0.3, 0.4) is 0 Å². The van der Waals surface area contributed by atoms with Gasteiger partial charge in [0.05, 0.1) is 0 Å². The van der Waals surface area contributed by atoms with E-state index in [-0.39, 0.29) is 30.0 Å². The molecular formula is C18H30O6. The molecule has 4 rings (SSSR count). The SMILES string of the molecule is CCCCC12O[C@@H](OC)C3CC4C(C31)C(CCCC)(O[C@H]4OO)O2. The Labute approximate surface area is 143 Å². The van der Waals surface area contributed by atoms with E-state index in [9.17, 15) is 5.26 Å². The summed E-state index contributed by atoms with van der Waals surface area (Å²) in [7, 11) is 1.70. The average molecular weight is 342 g/mol. The number of hydrogen-bond acceptors (Lipinski definition) is 6. The maximum Gasteiger partial charge on any atom is 0.197 e. The van der Waals surface area contributed by atoms with Crippen molar-refractivity contribution in [3.63, 3.8) is 0 Å². The Morgan fingerprint density at radius 2 is 1.50 bits per heavy atom. The zero-order valence-corrected chi connectivity index (χ0v) is 14.9. The third-order valence-electron chi connectivity index (χ3n) is 6.64. The van der Waals surface area contributed by atoms with E-state index in [2.05, 4.69) is 18.7 Å². The van der Waals surface area contributed by atoms with Crippen LogP contribution in [0.1, 0.15) is 58.8 Å². The number of rotatable bonds is 8. The number of methoxy groups -OCH3 is 1. The smallest absolute Gasteiger partial charge is 0.197 e. The highest BCUT2D eigenvalue weighted by Gasteiger charge is 2.79. The minimum Gasteiger partial charge on any atom is -0.355 e. The third kappa shape index (κ3) is 2.17. The third-order valence-corrected chi connectivity index (χ3v) is 6.64. The van der Waals surface area contributed by atoms with Gasteiger partial charge in [-0.1, -0.05) is 26.7 Å². The molecule has 0 aromatic rings. The molecule has 0 spiro atoms. The van der Waals surface area contributed by atoms with Crippen LogP contribution < -0.4 is 0 Å². The molecule has 6 heteroatoms. The predicted octanol–water partition coefficient (Wildman–Crippen LogP) is 3.51. The summed E-state index contributed by atoms with van der Waals surface area (Å²) in [6, 6.07) is 0. The summed E-state index contributed by atoms with van der Waals surface area (Å²) in [4.78, 5) is 4.69. The van der Waals surface area contributed by atoms with Crippen LogP contribution in [0.5, 0.6) is 0 Å². The molecule has 1 aliphatic carbocycles. The molecule has 3 aliphatic heterocycles. The van der Waals surface area contributed by atoms with E-state index in [1.54, 1.807) is 7.11 Å². The largest absolute Gasteiger partial charge is 0.355 e. The number of unbranched alkanes of at least 4 members (excludes halogenated alkanes) is 2. The summed E-state index contributed by atoms with van der Waals surface area (Å²) < 4.78 is 24.8. The zero-order chi connectivity index (χ0) is 16.9. The summed E-state index contributed by atoms with van der Waals surface area (Å²) in [5.74, 6) is -0.382. The van der Waals surface area contributed by atoms with Crippen molar-refractivity contribution in [2.75, 3.05) is 7.11 Å². The van der Waals surface area contributed by atoms with Gasteiger partial charge in [-0.05, 0) is 19.3 Å². The van der Waals surface area contributed by atoms with Gasteiger partial charge in [0.1, 0.15) is 0 Å². The lowest BCUT2D eigenvalue weighted by atomic mass is 9.79. The van der Waals surface area contributed by atoms with E-state index in [1.165, 1.54) is 0 Å². The first-order valence-electron chi connectivity index (χ1n) is 9.53. The highest BCUT2D eigenvalue weighted by Crippen LogP contribution is 2.71. The summed E-state index contributed by atoms with van der Waals surface area (Å²) in [6.45, 7) is 4.35. The molecule has 6 nitrogen and oxygen atoms in total. The van der Waals surface area contributed by atoms with Crippen LogP contribution in [-0.2, 0) is 23.8 Å². The van der Waals surface area contributed by atoms with Crippen LogP contribution in [0, 0.1) is 23.7 Å². The van der Waals surface area contributed by atoms with Gasteiger partial charge in [0.25, 0.3) is 0 Å². The maximum absolute atomic E-state index is 9.34. The van der Waals surface area contributed by atoms with Gasteiger partial charge in [0, 0.05) is 43.6 Å². The van der Waals surface area contributed by atoms with Crippen molar-refractivity contribution in [2.24, 2.45) is 23.7 Å². The van der Waals surface area contributed by atoms with Gasteiger partial charge in [-0.25, -0.2) is 10.1 Å². The van der Waals surface area contributed by atoms with Crippen molar-refractivity contribution in [1.29, 1.82) is 0 Å². The molecule has 0 bridgehead atoms. The Morgan fingerprint density at radius 1 is 0.958 bits per heavy atom. The molecule has 1 N–H and O–H groups in total. The first-order chi connectivity index (χ1) is 11.6. The molecule has 6 unspecified atom stereocenters. The van der Waals surface area contributed by atoms with Gasteiger partial charge in [-0.15, -0.1) is 0 Å². The van der Waals surface area contributed by atoms with Crippen molar-refractivity contribution in [3.8, 4) is 0 Å². The quantitative estimate of drug-likeness (QED) is 0.538. The van der Waals surface area contributed by atoms with Crippen LogP contribution in [0.15, 0.2) is 0 Å². The molecule has 4 fully saturated rings. The van der Waals surface area contributed by atoms with Crippen molar-refractivity contribution in [3.05, 3.63) is 0 Å². The molecule has 8 atom stereocenters. The molecule has 24 heavy (non-hydrogen) atoms. The second kappa shape index (κ2) is 6.18. The molecule has 0 amide bonds. The molecule has 1 saturated carbocycles. The van der Waals surface area contributed by atoms with E-state index in [4.69, 9.17) is 18.9 Å². The highest BCUT2D eigenvalue weighted by molar-refractivity contribution is 5.16. The Balaban J connectivity index is 1.69. The molecule has 0 aromatic carbocycles. The van der Waals surface area contributed by atoms with Gasteiger partial charge >= 0.3 is 0 Å². The molecule has 0 radical (unpaired) electrons. The summed E-state index contributed by atoms with van der Waals surface area (Å²) >= 11 is 0. The van der Waals surface area contributed by atoms with Gasteiger partial charge in [0.2, 0.25) is 0 Å². The first-order valence-corrected chi connectivity index (χ1v) is 9.53. The van der Waals surface area contributed by atoms with Crippen LogP contribution in [0.4, 0.5) is 0 Å². The Hall–Kier alpha value is -0.240. The van der Waals surface area contributed by atoms with Crippen LogP contribution in [0.2, 0.25) is 0 Å². The van der Waals surface area contributed by atoms with Crippen molar-refractivity contribution in [1.82, 2.24) is 0 Å². The molecule has 3 heterocycles. The van der Waals surface area contributed by atoms with Crippen LogP contribution in [-0.4, -0.2) is 36.5 Å². The second-order valence-electron chi connectivity index (χ2n) is 7.86. The fourth-order valence-corrected chi connectivity index (χ4v) is 5.82. The van der Waals surface area contributed by atoms with E-state index >= 15 is 0 Å². The first kappa shape index (κ1) is 17.2. The maximum atomic E-state index is 9.34. The topological polar surface area (TPSA) is 66.4 Å². The van der Waals surface area contributed by atoms with Gasteiger partial charge in [-0.2, -0.15) is 0 Å². The summed E-state index contributed by atoms with van der Waals surface area (Å²) in [6.07, 6.45) is 6.01. The van der Waals surface area contributed by atoms with Gasteiger partial charge < -0.3 is 18.9 Å². The minimum absolute atomic E-state index is 0.145. The minimum atomic E-state index is -0.681. The Kier molecular flexibility index (Phi) is 4.43. The molecule has 0 aromatic heterocycles. The van der Waals surface area contributed by atoms with E-state index < -0.39 is 17.9 Å². The Morgan fingerprint density at radius 3 is 2.00 bits per heavy atom. The van der Waals surface area contributed by atoms with Gasteiger partial charge in [0.15, 0.2) is 24.2 Å². The Bertz CT molecular complexity index is 432. The predicted molar refractivity (Wildman–Crippen MR) is 84.6 cm³/mol. The fraction of sp³-hybridized carbons (Fsp3) is 1.00. The highest BCUT2D eigenvalue weighted by atomic mass is 17.1. The van der Waals surface area contributed by atoms with E-state index in [0.29, 0.717) is 0 Å². The van der Waals surface area contributed by atoms with Crippen LogP contribution >= 0.6 is 0 Å². The molecular weight excluding hydrogens is 312 g/mol. The molecule has 4 aliphatic rings. The number of ether oxygens (including phenoxy) is 4. The summed E-state index contributed by atoms with van der Waals surface area (Å²) in [5.41, 5.74) is 0. The number of hydrogen-bond donors (Lipinski definition) is 1. The lowest BCUT2D eigenvalue weighted by Crippen LogP contribution is -2.41. The molecule has 138 valence electrons. The normalized spacial score (nSPS) is 51.5. The van der Waals surface area contributed by atoms with Crippen LogP contribution in [0.25, 0.3) is 0 Å². The lowest BCUT2D eigenvalue weighted by molar-refractivity contribution is -0.406. The second-order valence-corrected chi connectivity index (χ2v) is 7.86. The van der Waals surface area contributed by atoms with Crippen molar-refractivity contribution in [2.45, 2.75) is 82.9 Å². The van der Waals surface area contributed by atoms with Gasteiger partial charge in [-0.3, -0.25) is 0 Å². The van der Waals surface area contributed by atoms with E-state index in [1.807, 2.05) is 0 Å². The lowest BCUT2D eigenvalue weighted by Gasteiger charge is -2.34. The fourth-order valence-electron chi connectivity index (χ4n) is 5.82.